The van der Waals surface area contributed by atoms with Crippen molar-refractivity contribution in [3.63, 3.8) is 0 Å². The highest BCUT2D eigenvalue weighted by Gasteiger charge is 2.24. The summed E-state index contributed by atoms with van der Waals surface area (Å²) in [7, 11) is 1.34. The number of aryl methyl sites for hydroxylation is 2. The minimum absolute atomic E-state index is 0.0102. The van der Waals surface area contributed by atoms with E-state index < -0.39 is 11.6 Å². The molecule has 0 unspecified atom stereocenters. The highest BCUT2D eigenvalue weighted by Crippen LogP contribution is 2.36. The molecule has 2 aromatic heterocycles. The summed E-state index contributed by atoms with van der Waals surface area (Å²) in [5, 5.41) is 0.0102. The zero-order valence-corrected chi connectivity index (χ0v) is 14.0. The highest BCUT2D eigenvalue weighted by atomic mass is 35.5. The summed E-state index contributed by atoms with van der Waals surface area (Å²) in [6.45, 7) is 3.55. The standard InChI is InChI=1S/C17H14ClF2N3O/c1-9-4-5-11(8-21-9)23-10(2)22-17(18)16(23)15-13(19)6-12(24-3)7-14(15)20/h4-8H,1-3H3. The van der Waals surface area contributed by atoms with Crippen LogP contribution in [0.2, 0.25) is 5.15 Å². The molecule has 0 aliphatic heterocycles. The lowest BCUT2D eigenvalue weighted by atomic mass is 10.1. The molecule has 0 N–H and O–H groups in total. The molecule has 0 atom stereocenters. The summed E-state index contributed by atoms with van der Waals surface area (Å²) in [4.78, 5) is 8.36. The van der Waals surface area contributed by atoms with E-state index >= 15 is 0 Å². The van der Waals surface area contributed by atoms with Gasteiger partial charge in [0.25, 0.3) is 0 Å². The molecular formula is C17H14ClF2N3O. The lowest BCUT2D eigenvalue weighted by Crippen LogP contribution is -2.03. The fourth-order valence-electron chi connectivity index (χ4n) is 2.52. The number of aromatic nitrogens is 3. The van der Waals surface area contributed by atoms with Crippen molar-refractivity contribution < 1.29 is 13.5 Å². The smallest absolute Gasteiger partial charge is 0.155 e. The molecule has 0 fully saturated rings. The number of hydrogen-bond acceptors (Lipinski definition) is 3. The van der Waals surface area contributed by atoms with Crippen molar-refractivity contribution >= 4 is 11.6 Å². The number of benzene rings is 1. The van der Waals surface area contributed by atoms with Gasteiger partial charge in [-0.2, -0.15) is 0 Å². The number of hydrogen-bond donors (Lipinski definition) is 0. The van der Waals surface area contributed by atoms with Crippen LogP contribution < -0.4 is 4.74 Å². The summed E-state index contributed by atoms with van der Waals surface area (Å²) in [6, 6.07) is 5.80. The van der Waals surface area contributed by atoms with E-state index in [1.807, 2.05) is 6.92 Å². The number of ether oxygens (including phenoxy) is 1. The second kappa shape index (κ2) is 6.20. The number of halogens is 3. The first-order chi connectivity index (χ1) is 11.4. The number of nitrogens with zero attached hydrogens (tertiary/aromatic N) is 3. The van der Waals surface area contributed by atoms with Crippen LogP contribution in [0.25, 0.3) is 16.9 Å². The van der Waals surface area contributed by atoms with Crippen molar-refractivity contribution in [2.75, 3.05) is 7.11 Å². The molecule has 0 radical (unpaired) electrons. The van der Waals surface area contributed by atoms with Crippen LogP contribution in [-0.2, 0) is 0 Å². The van der Waals surface area contributed by atoms with E-state index in [0.29, 0.717) is 11.5 Å². The Bertz CT molecular complexity index is 884. The molecule has 0 spiro atoms. The predicted octanol–water partition coefficient (Wildman–Crippen LogP) is 4.49. The van der Waals surface area contributed by atoms with Gasteiger partial charge in [0.1, 0.15) is 23.2 Å². The SMILES string of the molecule is COc1cc(F)c(-c2c(Cl)nc(C)n2-c2ccc(C)nc2)c(F)c1. The van der Waals surface area contributed by atoms with Crippen molar-refractivity contribution in [3.8, 4) is 22.7 Å². The van der Waals surface area contributed by atoms with Gasteiger partial charge in [-0.25, -0.2) is 13.8 Å². The Hall–Kier alpha value is -2.47. The van der Waals surface area contributed by atoms with Gasteiger partial charge in [-0.1, -0.05) is 11.6 Å². The third kappa shape index (κ3) is 2.73. The molecule has 24 heavy (non-hydrogen) atoms. The lowest BCUT2D eigenvalue weighted by molar-refractivity contribution is 0.407. The van der Waals surface area contributed by atoms with Crippen LogP contribution in [0.4, 0.5) is 8.78 Å². The maximum absolute atomic E-state index is 14.5. The molecule has 0 aliphatic carbocycles. The molecule has 1 aromatic carbocycles. The van der Waals surface area contributed by atoms with E-state index in [2.05, 4.69) is 9.97 Å². The van der Waals surface area contributed by atoms with Gasteiger partial charge in [-0.15, -0.1) is 0 Å². The summed E-state index contributed by atoms with van der Waals surface area (Å²) in [5.41, 5.74) is 1.31. The van der Waals surface area contributed by atoms with E-state index in [-0.39, 0.29) is 22.2 Å². The maximum Gasteiger partial charge on any atom is 0.155 e. The van der Waals surface area contributed by atoms with Gasteiger partial charge >= 0.3 is 0 Å². The topological polar surface area (TPSA) is 39.9 Å². The molecule has 3 rings (SSSR count). The van der Waals surface area contributed by atoms with Crippen LogP contribution in [0.15, 0.2) is 30.5 Å². The minimum atomic E-state index is -0.782. The third-order valence-electron chi connectivity index (χ3n) is 3.64. The van der Waals surface area contributed by atoms with Gasteiger partial charge in [0, 0.05) is 17.8 Å². The average Bonchev–Trinajstić information content (AvgIpc) is 2.82. The predicted molar refractivity (Wildman–Crippen MR) is 87.7 cm³/mol. The van der Waals surface area contributed by atoms with Crippen molar-refractivity contribution in [1.29, 1.82) is 0 Å². The molecular weight excluding hydrogens is 336 g/mol. The van der Waals surface area contributed by atoms with E-state index in [1.165, 1.54) is 7.11 Å². The number of rotatable bonds is 3. The van der Waals surface area contributed by atoms with Crippen LogP contribution in [0.1, 0.15) is 11.5 Å². The Morgan fingerprint density at radius 3 is 2.33 bits per heavy atom. The summed E-state index contributed by atoms with van der Waals surface area (Å²) in [5.74, 6) is -0.982. The highest BCUT2D eigenvalue weighted by molar-refractivity contribution is 6.32. The van der Waals surface area contributed by atoms with Crippen LogP contribution in [-0.4, -0.2) is 21.6 Å². The monoisotopic (exact) mass is 349 g/mol. The molecule has 4 nitrogen and oxygen atoms in total. The molecule has 0 aliphatic rings. The van der Waals surface area contributed by atoms with Crippen molar-refractivity contribution in [2.24, 2.45) is 0 Å². The molecule has 0 saturated carbocycles. The van der Waals surface area contributed by atoms with Crippen LogP contribution >= 0.6 is 11.6 Å². The first-order valence-corrected chi connectivity index (χ1v) is 7.51. The van der Waals surface area contributed by atoms with Crippen LogP contribution in [0, 0.1) is 25.5 Å². The van der Waals surface area contributed by atoms with Gasteiger partial charge in [-0.05, 0) is 26.0 Å². The van der Waals surface area contributed by atoms with Crippen molar-refractivity contribution in [2.45, 2.75) is 13.8 Å². The molecule has 3 aromatic rings. The van der Waals surface area contributed by atoms with E-state index in [9.17, 15) is 8.78 Å². The van der Waals surface area contributed by atoms with Gasteiger partial charge in [0.15, 0.2) is 5.15 Å². The Kier molecular flexibility index (Phi) is 4.24. The van der Waals surface area contributed by atoms with E-state index in [1.54, 1.807) is 29.8 Å². The maximum atomic E-state index is 14.5. The number of imidazole rings is 1. The first-order valence-electron chi connectivity index (χ1n) is 7.13. The van der Waals surface area contributed by atoms with Gasteiger partial charge in [-0.3, -0.25) is 9.55 Å². The average molecular weight is 350 g/mol. The molecule has 0 saturated heterocycles. The zero-order valence-electron chi connectivity index (χ0n) is 13.3. The Morgan fingerprint density at radius 2 is 1.79 bits per heavy atom. The molecule has 0 amide bonds. The summed E-state index contributed by atoms with van der Waals surface area (Å²) >= 11 is 6.17. The minimum Gasteiger partial charge on any atom is -0.497 e. The van der Waals surface area contributed by atoms with Crippen molar-refractivity contribution in [1.82, 2.24) is 14.5 Å². The molecule has 0 bridgehead atoms. The molecule has 7 heteroatoms. The number of pyridine rings is 1. The van der Waals surface area contributed by atoms with E-state index in [4.69, 9.17) is 16.3 Å². The van der Waals surface area contributed by atoms with Crippen LogP contribution in [0.5, 0.6) is 5.75 Å². The fourth-order valence-corrected chi connectivity index (χ4v) is 2.82. The summed E-state index contributed by atoms with van der Waals surface area (Å²) < 4.78 is 35.5. The third-order valence-corrected chi connectivity index (χ3v) is 3.91. The van der Waals surface area contributed by atoms with Gasteiger partial charge in [0.2, 0.25) is 0 Å². The molecule has 2 heterocycles. The van der Waals surface area contributed by atoms with E-state index in [0.717, 1.165) is 17.8 Å². The number of methoxy groups -OCH3 is 1. The Labute approximate surface area is 142 Å². The largest absolute Gasteiger partial charge is 0.497 e. The van der Waals surface area contributed by atoms with Crippen LogP contribution in [0.3, 0.4) is 0 Å². The fraction of sp³-hybridized carbons (Fsp3) is 0.176. The quantitative estimate of drug-likeness (QED) is 0.699. The summed E-state index contributed by atoms with van der Waals surface area (Å²) in [6.07, 6.45) is 1.60. The van der Waals surface area contributed by atoms with Gasteiger partial charge < -0.3 is 4.74 Å². The lowest BCUT2D eigenvalue weighted by Gasteiger charge is -2.13. The second-order valence-corrected chi connectivity index (χ2v) is 5.62. The molecule has 124 valence electrons. The van der Waals surface area contributed by atoms with Gasteiger partial charge in [0.05, 0.1) is 30.3 Å². The van der Waals surface area contributed by atoms with Crippen molar-refractivity contribution in [3.05, 3.63) is 58.8 Å². The Morgan fingerprint density at radius 1 is 1.12 bits per heavy atom. The normalized spacial score (nSPS) is 10.9. The second-order valence-electron chi connectivity index (χ2n) is 5.26. The first kappa shape index (κ1) is 16.4. The zero-order chi connectivity index (χ0) is 17.4. The Balaban J connectivity index is 2.28.